The molecule has 1 aromatic rings. The fourth-order valence-corrected chi connectivity index (χ4v) is 3.70. The molecule has 1 aliphatic rings. The number of hydrogen-bond acceptors (Lipinski definition) is 1. The summed E-state index contributed by atoms with van der Waals surface area (Å²) in [6.07, 6.45) is 8.64. The average molecular weight is 364 g/mol. The number of aryl methyl sites for hydroxylation is 2. The van der Waals surface area contributed by atoms with E-state index >= 15 is 0 Å². The van der Waals surface area contributed by atoms with Crippen molar-refractivity contribution in [2.75, 3.05) is 20.1 Å². The van der Waals surface area contributed by atoms with E-state index in [0.29, 0.717) is 0 Å². The van der Waals surface area contributed by atoms with Crippen molar-refractivity contribution in [3.8, 4) is 0 Å². The zero-order valence-corrected chi connectivity index (χ0v) is 17.8. The van der Waals surface area contributed by atoms with E-state index in [1.807, 2.05) is 0 Å². The van der Waals surface area contributed by atoms with Gasteiger partial charge in [-0.3, -0.25) is 0 Å². The van der Waals surface area contributed by atoms with Crippen molar-refractivity contribution < 1.29 is 4.58 Å². The Bertz CT molecular complexity index is 785. The van der Waals surface area contributed by atoms with Crippen molar-refractivity contribution in [2.45, 2.75) is 47.1 Å². The molecule has 0 N–H and O–H groups in total. The SMILES string of the molecule is C=C1C=C(N(C)CCC[N+](=C)Cc2cc(C)cc(C)c2)CC(C=CC)=C1C. The lowest BCUT2D eigenvalue weighted by atomic mass is 9.92. The third-order valence-corrected chi connectivity index (χ3v) is 5.19. The lowest BCUT2D eigenvalue weighted by Gasteiger charge is -2.27. The molecular formula is C25H35N2+. The highest BCUT2D eigenvalue weighted by Gasteiger charge is 2.15. The maximum Gasteiger partial charge on any atom is 0.167 e. The summed E-state index contributed by atoms with van der Waals surface area (Å²) >= 11 is 0. The highest BCUT2D eigenvalue weighted by Crippen LogP contribution is 2.29. The van der Waals surface area contributed by atoms with E-state index in [1.54, 1.807) is 0 Å². The number of nitrogens with zero attached hydrogens (tertiary/aromatic N) is 2. The molecule has 0 spiro atoms. The first-order valence-electron chi connectivity index (χ1n) is 9.86. The highest BCUT2D eigenvalue weighted by molar-refractivity contribution is 5.49. The summed E-state index contributed by atoms with van der Waals surface area (Å²) in [5, 5.41) is 0. The van der Waals surface area contributed by atoms with Crippen LogP contribution in [0.1, 0.15) is 43.4 Å². The molecular weight excluding hydrogens is 328 g/mol. The Balaban J connectivity index is 1.85. The fraction of sp³-hybridized carbons (Fsp3) is 0.400. The second-order valence-electron chi connectivity index (χ2n) is 7.81. The molecule has 0 atom stereocenters. The molecule has 2 heteroatoms. The molecule has 27 heavy (non-hydrogen) atoms. The molecule has 0 saturated carbocycles. The molecule has 0 fully saturated rings. The van der Waals surface area contributed by atoms with Gasteiger partial charge in [0.05, 0.1) is 0 Å². The van der Waals surface area contributed by atoms with E-state index in [9.17, 15) is 0 Å². The third kappa shape index (κ3) is 6.09. The van der Waals surface area contributed by atoms with Crippen LogP contribution >= 0.6 is 0 Å². The lowest BCUT2D eigenvalue weighted by molar-refractivity contribution is -0.536. The monoisotopic (exact) mass is 363 g/mol. The van der Waals surface area contributed by atoms with Crippen LogP contribution in [0.25, 0.3) is 0 Å². The standard InChI is InChI=1S/C25H35N2/c1-8-10-24-17-25(16-21(4)22(24)5)27(7)12-9-11-26(6)18-23-14-19(2)13-20(3)15-23/h8,10,13-16H,4,6,9,11-12,17-18H2,1-3,5,7H3/q+1. The molecule has 0 amide bonds. The molecule has 2 nitrogen and oxygen atoms in total. The van der Waals surface area contributed by atoms with Gasteiger partial charge in [-0.05, 0) is 62.6 Å². The quantitative estimate of drug-likeness (QED) is 0.432. The Morgan fingerprint density at radius 2 is 1.81 bits per heavy atom. The van der Waals surface area contributed by atoms with Gasteiger partial charge in [-0.1, -0.05) is 35.9 Å². The van der Waals surface area contributed by atoms with Gasteiger partial charge >= 0.3 is 0 Å². The molecule has 0 radical (unpaired) electrons. The summed E-state index contributed by atoms with van der Waals surface area (Å²) in [6.45, 7) is 19.9. The Kier molecular flexibility index (Phi) is 7.41. The first kappa shape index (κ1) is 21.0. The topological polar surface area (TPSA) is 6.25 Å². The van der Waals surface area contributed by atoms with E-state index in [0.717, 1.165) is 38.0 Å². The molecule has 0 bridgehead atoms. The van der Waals surface area contributed by atoms with Crippen LogP contribution in [-0.4, -0.2) is 36.3 Å². The van der Waals surface area contributed by atoms with Gasteiger partial charge in [0, 0.05) is 37.7 Å². The first-order valence-corrected chi connectivity index (χ1v) is 9.86. The molecule has 0 saturated heterocycles. The van der Waals surface area contributed by atoms with Crippen LogP contribution in [0.15, 0.2) is 65.4 Å². The van der Waals surface area contributed by atoms with Gasteiger partial charge in [0.1, 0.15) is 13.3 Å². The Morgan fingerprint density at radius 3 is 2.44 bits per heavy atom. The minimum Gasteiger partial charge on any atom is -0.377 e. The van der Waals surface area contributed by atoms with Gasteiger partial charge in [0.25, 0.3) is 0 Å². The van der Waals surface area contributed by atoms with Crippen molar-refractivity contribution in [1.82, 2.24) is 4.90 Å². The molecule has 144 valence electrons. The average Bonchev–Trinajstić information content (AvgIpc) is 2.57. The predicted molar refractivity (Wildman–Crippen MR) is 118 cm³/mol. The van der Waals surface area contributed by atoms with E-state index in [-0.39, 0.29) is 0 Å². The zero-order chi connectivity index (χ0) is 20.0. The van der Waals surface area contributed by atoms with Crippen LogP contribution in [0.3, 0.4) is 0 Å². The van der Waals surface area contributed by atoms with Crippen LogP contribution < -0.4 is 0 Å². The minimum absolute atomic E-state index is 0.902. The first-order chi connectivity index (χ1) is 12.8. The highest BCUT2D eigenvalue weighted by atomic mass is 15.1. The predicted octanol–water partition coefficient (Wildman–Crippen LogP) is 5.57. The number of hydrogen-bond donors (Lipinski definition) is 0. The van der Waals surface area contributed by atoms with Crippen LogP contribution in [0.4, 0.5) is 0 Å². The van der Waals surface area contributed by atoms with Crippen LogP contribution in [0, 0.1) is 13.8 Å². The fourth-order valence-electron chi connectivity index (χ4n) is 3.70. The molecule has 0 unspecified atom stereocenters. The summed E-state index contributed by atoms with van der Waals surface area (Å²) in [4.78, 5) is 2.37. The maximum absolute atomic E-state index is 4.23. The van der Waals surface area contributed by atoms with E-state index in [2.05, 4.69) is 93.9 Å². The minimum atomic E-state index is 0.902. The summed E-state index contributed by atoms with van der Waals surface area (Å²) in [6, 6.07) is 6.73. The van der Waals surface area contributed by atoms with Crippen molar-refractivity contribution in [1.29, 1.82) is 0 Å². The molecule has 0 aromatic heterocycles. The summed E-state index contributed by atoms with van der Waals surface area (Å²) < 4.78 is 2.17. The van der Waals surface area contributed by atoms with Gasteiger partial charge in [0.15, 0.2) is 6.54 Å². The second kappa shape index (κ2) is 9.55. The number of rotatable bonds is 8. The Morgan fingerprint density at radius 1 is 1.15 bits per heavy atom. The molecule has 1 aliphatic carbocycles. The summed E-state index contributed by atoms with van der Waals surface area (Å²) in [5.74, 6) is 0. The van der Waals surface area contributed by atoms with Gasteiger partial charge < -0.3 is 4.90 Å². The molecule has 1 aromatic carbocycles. The van der Waals surface area contributed by atoms with Crippen molar-refractivity contribution in [3.05, 3.63) is 82.1 Å². The van der Waals surface area contributed by atoms with E-state index < -0.39 is 0 Å². The van der Waals surface area contributed by atoms with E-state index in [1.165, 1.54) is 33.5 Å². The van der Waals surface area contributed by atoms with Crippen LogP contribution in [0.5, 0.6) is 0 Å². The van der Waals surface area contributed by atoms with Crippen molar-refractivity contribution in [2.24, 2.45) is 0 Å². The normalized spacial score (nSPS) is 14.7. The van der Waals surface area contributed by atoms with Gasteiger partial charge in [-0.2, -0.15) is 0 Å². The van der Waals surface area contributed by atoms with Crippen LogP contribution in [-0.2, 0) is 6.54 Å². The Labute approximate surface area is 165 Å². The van der Waals surface area contributed by atoms with E-state index in [4.69, 9.17) is 0 Å². The lowest BCUT2D eigenvalue weighted by Crippen LogP contribution is -2.24. The maximum atomic E-state index is 4.23. The smallest absolute Gasteiger partial charge is 0.167 e. The third-order valence-electron chi connectivity index (χ3n) is 5.19. The zero-order valence-electron chi connectivity index (χ0n) is 17.8. The van der Waals surface area contributed by atoms with Crippen molar-refractivity contribution >= 4 is 6.72 Å². The van der Waals surface area contributed by atoms with Gasteiger partial charge in [0.2, 0.25) is 0 Å². The summed E-state index contributed by atoms with van der Waals surface area (Å²) in [7, 11) is 2.18. The largest absolute Gasteiger partial charge is 0.377 e. The Hall–Kier alpha value is -2.35. The molecule has 0 aliphatic heterocycles. The van der Waals surface area contributed by atoms with Crippen LogP contribution in [0.2, 0.25) is 0 Å². The second-order valence-corrected chi connectivity index (χ2v) is 7.81. The molecule has 0 heterocycles. The van der Waals surface area contributed by atoms with Gasteiger partial charge in [-0.15, -0.1) is 0 Å². The molecule has 2 rings (SSSR count). The van der Waals surface area contributed by atoms with Crippen molar-refractivity contribution in [3.63, 3.8) is 0 Å². The van der Waals surface area contributed by atoms with Gasteiger partial charge in [-0.25, -0.2) is 4.58 Å². The summed E-state index contributed by atoms with van der Waals surface area (Å²) in [5.41, 5.74) is 9.15. The number of benzene rings is 1. The number of allylic oxidation sites excluding steroid dienone is 6.